The average molecular weight is 699 g/mol. The second-order valence-electron chi connectivity index (χ2n) is 11.3. The molecule has 4 amide bonds. The summed E-state index contributed by atoms with van der Waals surface area (Å²) in [6, 6.07) is 4.56. The minimum Gasteiger partial charge on any atom is -0.508 e. The van der Waals surface area contributed by atoms with Gasteiger partial charge in [0.05, 0.1) is 19.1 Å². The standard InChI is InChI=1S/C32H38N6O12/c33-20(9-10-26(41)42)28(45)35-23(12-17-14-34-21-4-2-1-3-19(17)21)30(47)37-24(13-27(43)44)31(48)36-22(11-16-5-7-18(40)8-6-16)29(46)38-25(15-39)32(49)50/h1-8,14,20,22-25,34,39-40H,9-13,15,33H2,(H,35,45)(H,36,48)(H,37,47)(H,38,46)(H,41,42)(H,43,44)(H,49,50)/t20-,22-,23-,24-,25-/m0/s1. The van der Waals surface area contributed by atoms with Crippen LogP contribution in [0.5, 0.6) is 5.75 Å². The number of H-pyrrole nitrogens is 1. The lowest BCUT2D eigenvalue weighted by Crippen LogP contribution is -2.59. The molecule has 0 radical (unpaired) electrons. The molecule has 18 heteroatoms. The molecule has 50 heavy (non-hydrogen) atoms. The van der Waals surface area contributed by atoms with Gasteiger partial charge in [-0.25, -0.2) is 4.79 Å². The minimum atomic E-state index is -1.83. The number of nitrogens with one attached hydrogen (secondary N) is 5. The molecule has 0 saturated carbocycles. The third-order valence-electron chi connectivity index (χ3n) is 7.56. The van der Waals surface area contributed by atoms with E-state index >= 15 is 0 Å². The van der Waals surface area contributed by atoms with Crippen LogP contribution < -0.4 is 27.0 Å². The van der Waals surface area contributed by atoms with Gasteiger partial charge in [-0.2, -0.15) is 0 Å². The Morgan fingerprint density at radius 1 is 0.700 bits per heavy atom. The number of aliphatic hydroxyl groups is 1. The predicted molar refractivity (Wildman–Crippen MR) is 173 cm³/mol. The van der Waals surface area contributed by atoms with Crippen LogP contribution in [0.25, 0.3) is 10.9 Å². The third-order valence-corrected chi connectivity index (χ3v) is 7.56. The first-order valence-electron chi connectivity index (χ1n) is 15.3. The number of phenolic OH excluding ortho intramolecular Hbond substituents is 1. The number of aliphatic hydroxyl groups excluding tert-OH is 1. The monoisotopic (exact) mass is 698 g/mol. The number of amides is 4. The second-order valence-corrected chi connectivity index (χ2v) is 11.3. The van der Waals surface area contributed by atoms with Gasteiger partial charge in [-0.15, -0.1) is 0 Å². The van der Waals surface area contributed by atoms with Crippen LogP contribution in [-0.2, 0) is 46.4 Å². The van der Waals surface area contributed by atoms with Crippen LogP contribution in [0.3, 0.4) is 0 Å². The first-order chi connectivity index (χ1) is 23.7. The second kappa shape index (κ2) is 17.9. The van der Waals surface area contributed by atoms with Gasteiger partial charge in [-0.1, -0.05) is 30.3 Å². The molecule has 3 aromatic rings. The predicted octanol–water partition coefficient (Wildman–Crippen LogP) is -1.66. The number of carboxylic acid groups (broad SMARTS) is 3. The molecule has 0 aliphatic rings. The van der Waals surface area contributed by atoms with E-state index in [0.717, 1.165) is 0 Å². The number of benzene rings is 2. The lowest BCUT2D eigenvalue weighted by atomic mass is 10.0. The van der Waals surface area contributed by atoms with E-state index in [1.807, 2.05) is 0 Å². The smallest absolute Gasteiger partial charge is 0.328 e. The van der Waals surface area contributed by atoms with E-state index in [0.29, 0.717) is 22.0 Å². The number of aliphatic carboxylic acids is 3. The Bertz CT molecular complexity index is 1710. The number of aromatic amines is 1. The van der Waals surface area contributed by atoms with Crippen LogP contribution in [0.2, 0.25) is 0 Å². The molecule has 0 bridgehead atoms. The van der Waals surface area contributed by atoms with Crippen molar-refractivity contribution in [2.24, 2.45) is 5.73 Å². The highest BCUT2D eigenvalue weighted by atomic mass is 16.4. The summed E-state index contributed by atoms with van der Waals surface area (Å²) in [6.07, 6.45) is -0.526. The van der Waals surface area contributed by atoms with E-state index in [2.05, 4.69) is 26.3 Å². The van der Waals surface area contributed by atoms with Crippen molar-refractivity contribution in [3.05, 3.63) is 65.9 Å². The van der Waals surface area contributed by atoms with Gasteiger partial charge in [-0.05, 0) is 35.7 Å². The van der Waals surface area contributed by atoms with Crippen LogP contribution in [0.4, 0.5) is 0 Å². The van der Waals surface area contributed by atoms with Crippen molar-refractivity contribution < 1.29 is 59.1 Å². The Morgan fingerprint density at radius 2 is 1.26 bits per heavy atom. The third kappa shape index (κ3) is 11.3. The highest BCUT2D eigenvalue weighted by Crippen LogP contribution is 2.19. The molecule has 0 unspecified atom stereocenters. The molecule has 0 spiro atoms. The van der Waals surface area contributed by atoms with E-state index in [4.69, 9.17) is 10.8 Å². The fraction of sp³-hybridized carbons (Fsp3) is 0.344. The molecule has 268 valence electrons. The SMILES string of the molecule is N[C@@H](CCC(=O)O)C(=O)N[C@@H](Cc1c[nH]c2ccccc12)C(=O)N[C@@H](CC(=O)O)C(=O)N[C@@H](Cc1ccc(O)cc1)C(=O)N[C@@H](CO)C(=O)O. The van der Waals surface area contributed by atoms with E-state index in [1.54, 1.807) is 30.5 Å². The topological polar surface area (TPSA) is 311 Å². The maximum Gasteiger partial charge on any atom is 0.328 e. The van der Waals surface area contributed by atoms with Crippen LogP contribution >= 0.6 is 0 Å². The van der Waals surface area contributed by atoms with Crippen LogP contribution in [0, 0.1) is 0 Å². The normalized spacial score (nSPS) is 14.0. The number of fused-ring (bicyclic) bond motifs is 1. The number of para-hydroxylation sites is 1. The number of phenols is 1. The van der Waals surface area contributed by atoms with Gasteiger partial charge in [0, 0.05) is 36.4 Å². The Hall–Kier alpha value is -6.01. The molecule has 0 saturated heterocycles. The summed E-state index contributed by atoms with van der Waals surface area (Å²) in [5.41, 5.74) is 7.50. The van der Waals surface area contributed by atoms with Crippen molar-refractivity contribution in [3.8, 4) is 5.75 Å². The van der Waals surface area contributed by atoms with Crippen molar-refractivity contribution in [2.75, 3.05) is 6.61 Å². The summed E-state index contributed by atoms with van der Waals surface area (Å²) in [6.45, 7) is -0.984. The van der Waals surface area contributed by atoms with Gasteiger partial charge < -0.3 is 57.5 Å². The van der Waals surface area contributed by atoms with Gasteiger partial charge >= 0.3 is 17.9 Å². The summed E-state index contributed by atoms with van der Waals surface area (Å²) >= 11 is 0. The zero-order valence-electron chi connectivity index (χ0n) is 26.5. The van der Waals surface area contributed by atoms with Crippen molar-refractivity contribution >= 4 is 52.4 Å². The van der Waals surface area contributed by atoms with Crippen molar-refractivity contribution in [1.29, 1.82) is 0 Å². The molecule has 2 aromatic carbocycles. The van der Waals surface area contributed by atoms with Gasteiger partial charge in [0.2, 0.25) is 23.6 Å². The maximum absolute atomic E-state index is 13.7. The van der Waals surface area contributed by atoms with E-state index < -0.39 is 91.2 Å². The summed E-state index contributed by atoms with van der Waals surface area (Å²) < 4.78 is 0. The maximum atomic E-state index is 13.7. The molecule has 3 rings (SSSR count). The lowest BCUT2D eigenvalue weighted by molar-refractivity contribution is -0.144. The Morgan fingerprint density at radius 3 is 1.86 bits per heavy atom. The largest absolute Gasteiger partial charge is 0.508 e. The summed E-state index contributed by atoms with van der Waals surface area (Å²) in [5, 5.41) is 56.7. The summed E-state index contributed by atoms with van der Waals surface area (Å²) in [5.74, 6) is -8.52. The molecular weight excluding hydrogens is 660 g/mol. The minimum absolute atomic E-state index is 0.105. The first kappa shape index (κ1) is 38.4. The zero-order valence-corrected chi connectivity index (χ0v) is 26.5. The molecule has 5 atom stereocenters. The number of aromatic hydroxyl groups is 1. The van der Waals surface area contributed by atoms with Gasteiger partial charge in [0.25, 0.3) is 0 Å². The molecule has 18 nitrogen and oxygen atoms in total. The molecule has 0 aliphatic heterocycles. The highest BCUT2D eigenvalue weighted by Gasteiger charge is 2.33. The average Bonchev–Trinajstić information content (AvgIpc) is 3.48. The van der Waals surface area contributed by atoms with Crippen molar-refractivity contribution in [2.45, 2.75) is 62.3 Å². The first-order valence-corrected chi connectivity index (χ1v) is 15.3. The van der Waals surface area contributed by atoms with Crippen LogP contribution in [-0.4, -0.2) is 109 Å². The fourth-order valence-corrected chi connectivity index (χ4v) is 4.88. The van der Waals surface area contributed by atoms with E-state index in [9.17, 15) is 54.0 Å². The van der Waals surface area contributed by atoms with E-state index in [-0.39, 0.29) is 25.0 Å². The molecule has 1 heterocycles. The van der Waals surface area contributed by atoms with Crippen molar-refractivity contribution in [3.63, 3.8) is 0 Å². The van der Waals surface area contributed by atoms with Gasteiger partial charge in [-0.3, -0.25) is 28.8 Å². The number of carbonyl (C=O) groups is 7. The highest BCUT2D eigenvalue weighted by molar-refractivity contribution is 5.97. The Labute approximate surface area is 284 Å². The number of carboxylic acids is 3. The number of hydrogen-bond donors (Lipinski definition) is 11. The van der Waals surface area contributed by atoms with Crippen LogP contribution in [0.15, 0.2) is 54.7 Å². The Balaban J connectivity index is 1.89. The number of hydrogen-bond acceptors (Lipinski definition) is 10. The number of carbonyl (C=O) groups excluding carboxylic acids is 4. The number of rotatable bonds is 19. The lowest BCUT2D eigenvalue weighted by Gasteiger charge is -2.26. The quantitative estimate of drug-likeness (QED) is 0.0669. The number of aromatic nitrogens is 1. The molecular formula is C32H38N6O12. The Kier molecular flexibility index (Phi) is 13.8. The summed E-state index contributed by atoms with van der Waals surface area (Å²) in [7, 11) is 0. The fourth-order valence-electron chi connectivity index (χ4n) is 4.88. The van der Waals surface area contributed by atoms with Gasteiger partial charge in [0.15, 0.2) is 0 Å². The van der Waals surface area contributed by atoms with E-state index in [1.165, 1.54) is 24.3 Å². The molecule has 0 aliphatic carbocycles. The van der Waals surface area contributed by atoms with Crippen molar-refractivity contribution in [1.82, 2.24) is 26.3 Å². The molecule has 1 aromatic heterocycles. The molecule has 12 N–H and O–H groups in total. The molecule has 0 fully saturated rings. The summed E-state index contributed by atoms with van der Waals surface area (Å²) in [4.78, 5) is 90.5. The van der Waals surface area contributed by atoms with Gasteiger partial charge in [0.1, 0.15) is 29.9 Å². The zero-order chi connectivity index (χ0) is 37.0. The number of nitrogens with two attached hydrogens (primary N) is 1. The van der Waals surface area contributed by atoms with Crippen LogP contribution in [0.1, 0.15) is 30.4 Å².